The molecule has 0 unspecified atom stereocenters. The van der Waals surface area contributed by atoms with Crippen molar-refractivity contribution < 1.29 is 34.1 Å². The summed E-state index contributed by atoms with van der Waals surface area (Å²) in [6, 6.07) is 24.6. The van der Waals surface area contributed by atoms with Crippen molar-refractivity contribution in [2.24, 2.45) is 0 Å². The highest BCUT2D eigenvalue weighted by Crippen LogP contribution is 2.17. The van der Waals surface area contributed by atoms with Crippen LogP contribution in [0, 0.1) is 0 Å². The van der Waals surface area contributed by atoms with E-state index in [-0.39, 0.29) is 26.1 Å². The van der Waals surface area contributed by atoms with E-state index in [9.17, 15) is 29.4 Å². The first-order valence-electron chi connectivity index (χ1n) is 14.7. The minimum atomic E-state index is -1.48. The van der Waals surface area contributed by atoms with Gasteiger partial charge in [-0.05, 0) is 43.9 Å². The van der Waals surface area contributed by atoms with Crippen molar-refractivity contribution in [1.82, 2.24) is 20.9 Å². The predicted molar refractivity (Wildman–Crippen MR) is 169 cm³/mol. The van der Waals surface area contributed by atoms with E-state index in [1.165, 1.54) is 4.90 Å². The molecule has 0 heterocycles. The highest BCUT2D eigenvalue weighted by atomic mass is 16.5. The summed E-state index contributed by atoms with van der Waals surface area (Å²) >= 11 is 0. The number of carboxylic acids is 1. The zero-order chi connectivity index (χ0) is 32.8. The zero-order valence-electron chi connectivity index (χ0n) is 25.8. The number of aliphatic hydroxyl groups excluding tert-OH is 1. The third-order valence-electron chi connectivity index (χ3n) is 7.00. The summed E-state index contributed by atoms with van der Waals surface area (Å²) in [4.78, 5) is 52.3. The molecule has 3 rings (SSSR count). The molecule has 0 aliphatic rings. The second-order valence-electron chi connectivity index (χ2n) is 11.7. The number of β-amino-alcohol motifs (C(OH)–C–C–N with tert-alkyl or cyclic N) is 1. The summed E-state index contributed by atoms with van der Waals surface area (Å²) in [6.07, 6.45) is -2.76. The molecule has 0 bridgehead atoms. The lowest BCUT2D eigenvalue weighted by molar-refractivity contribution is -0.140. The van der Waals surface area contributed by atoms with Gasteiger partial charge in [0.2, 0.25) is 5.91 Å². The number of ether oxygens (including phenoxy) is 1. The Labute approximate surface area is 263 Å². The molecule has 0 fully saturated rings. The predicted octanol–water partition coefficient (Wildman–Crippen LogP) is 3.85. The molecule has 0 aliphatic heterocycles. The smallest absolute Gasteiger partial charge is 0.408 e. The SMILES string of the molecule is CC(C)(C)N(C[C@@H](O)[C@H](Cc1ccccc1)NC(=O)[C@H](CC(=O)O)NC(=O)OCc1ccccc1)C(=O)NCc1ccccc1. The van der Waals surface area contributed by atoms with E-state index in [4.69, 9.17) is 4.74 Å². The van der Waals surface area contributed by atoms with Crippen molar-refractivity contribution in [2.75, 3.05) is 6.54 Å². The molecule has 3 aromatic carbocycles. The molecule has 0 saturated heterocycles. The maximum absolute atomic E-state index is 13.4. The maximum Gasteiger partial charge on any atom is 0.408 e. The minimum absolute atomic E-state index is 0.0710. The number of rotatable bonds is 14. The van der Waals surface area contributed by atoms with Crippen molar-refractivity contribution in [3.63, 3.8) is 0 Å². The quantitative estimate of drug-likeness (QED) is 0.184. The van der Waals surface area contributed by atoms with Crippen LogP contribution in [0.3, 0.4) is 0 Å². The van der Waals surface area contributed by atoms with Gasteiger partial charge in [0.25, 0.3) is 0 Å². The summed E-state index contributed by atoms with van der Waals surface area (Å²) in [5.41, 5.74) is 1.73. The van der Waals surface area contributed by atoms with Gasteiger partial charge in [0.1, 0.15) is 12.6 Å². The number of urea groups is 1. The lowest BCUT2D eigenvalue weighted by Gasteiger charge is -2.39. The fourth-order valence-electron chi connectivity index (χ4n) is 4.57. The Hall–Kier alpha value is -4.90. The Morgan fingerprint density at radius 3 is 1.87 bits per heavy atom. The lowest BCUT2D eigenvalue weighted by Crippen LogP contribution is -2.59. The van der Waals surface area contributed by atoms with Crippen LogP contribution < -0.4 is 16.0 Å². The lowest BCUT2D eigenvalue weighted by atomic mass is 9.98. The number of benzene rings is 3. The van der Waals surface area contributed by atoms with Crippen LogP contribution in [0.2, 0.25) is 0 Å². The van der Waals surface area contributed by atoms with Crippen LogP contribution in [0.5, 0.6) is 0 Å². The maximum atomic E-state index is 13.4. The van der Waals surface area contributed by atoms with Gasteiger partial charge in [-0.1, -0.05) is 91.0 Å². The zero-order valence-corrected chi connectivity index (χ0v) is 25.8. The second-order valence-corrected chi connectivity index (χ2v) is 11.7. The van der Waals surface area contributed by atoms with Crippen LogP contribution in [-0.2, 0) is 33.9 Å². The number of alkyl carbamates (subject to hydrolysis) is 1. The van der Waals surface area contributed by atoms with Gasteiger partial charge in [0.05, 0.1) is 25.1 Å². The molecule has 240 valence electrons. The van der Waals surface area contributed by atoms with Crippen molar-refractivity contribution in [1.29, 1.82) is 0 Å². The molecule has 0 aromatic heterocycles. The normalized spacial score (nSPS) is 13.1. The molecular formula is C34H42N4O7. The fourth-order valence-corrected chi connectivity index (χ4v) is 4.57. The van der Waals surface area contributed by atoms with E-state index in [2.05, 4.69) is 16.0 Å². The van der Waals surface area contributed by atoms with Crippen molar-refractivity contribution in [3.05, 3.63) is 108 Å². The highest BCUT2D eigenvalue weighted by Gasteiger charge is 2.34. The highest BCUT2D eigenvalue weighted by molar-refractivity contribution is 5.89. The van der Waals surface area contributed by atoms with E-state index >= 15 is 0 Å². The molecule has 0 aliphatic carbocycles. The minimum Gasteiger partial charge on any atom is -0.481 e. The first kappa shape index (κ1) is 34.6. The number of carbonyl (C=O) groups excluding carboxylic acids is 3. The van der Waals surface area contributed by atoms with Crippen molar-refractivity contribution in [3.8, 4) is 0 Å². The van der Waals surface area contributed by atoms with Crippen LogP contribution in [0.15, 0.2) is 91.0 Å². The standard InChI is InChI=1S/C34H42N4O7/c1-34(2,3)38(32(43)35-21-25-15-9-5-10-16-25)22-29(39)27(19-24-13-7-4-8-14-24)36-31(42)28(20-30(40)41)37-33(44)45-23-26-17-11-6-12-18-26/h4-18,27-29,39H,19-23H2,1-3H3,(H,35,43)(H,36,42)(H,37,44)(H,40,41)/t27-,28-,29+/m0/s1. The second kappa shape index (κ2) is 16.8. The van der Waals surface area contributed by atoms with Crippen LogP contribution in [-0.4, -0.2) is 69.4 Å². The molecule has 0 radical (unpaired) electrons. The average molecular weight is 619 g/mol. The molecule has 5 N–H and O–H groups in total. The molecule has 3 atom stereocenters. The molecule has 11 nitrogen and oxygen atoms in total. The van der Waals surface area contributed by atoms with Gasteiger partial charge in [-0.2, -0.15) is 0 Å². The van der Waals surface area contributed by atoms with E-state index in [1.54, 1.807) is 24.3 Å². The van der Waals surface area contributed by atoms with Gasteiger partial charge in [-0.25, -0.2) is 9.59 Å². The van der Waals surface area contributed by atoms with E-state index < -0.39 is 54.1 Å². The third kappa shape index (κ3) is 12.0. The molecule has 11 heteroatoms. The van der Waals surface area contributed by atoms with Gasteiger partial charge in [0.15, 0.2) is 0 Å². The monoisotopic (exact) mass is 618 g/mol. The Bertz CT molecular complexity index is 1380. The third-order valence-corrected chi connectivity index (χ3v) is 7.00. The van der Waals surface area contributed by atoms with Gasteiger partial charge in [0, 0.05) is 12.1 Å². The Morgan fingerprint density at radius 2 is 1.33 bits per heavy atom. The van der Waals surface area contributed by atoms with Gasteiger partial charge < -0.3 is 35.8 Å². The van der Waals surface area contributed by atoms with Crippen LogP contribution in [0.4, 0.5) is 9.59 Å². The molecular weight excluding hydrogens is 576 g/mol. The summed E-state index contributed by atoms with van der Waals surface area (Å²) < 4.78 is 5.19. The molecule has 45 heavy (non-hydrogen) atoms. The number of nitrogens with zero attached hydrogens (tertiary/aromatic N) is 1. The molecule has 0 saturated carbocycles. The Morgan fingerprint density at radius 1 is 0.800 bits per heavy atom. The van der Waals surface area contributed by atoms with Gasteiger partial charge in [-0.15, -0.1) is 0 Å². The van der Waals surface area contributed by atoms with Crippen LogP contribution in [0.1, 0.15) is 43.9 Å². The van der Waals surface area contributed by atoms with Gasteiger partial charge in [-0.3, -0.25) is 9.59 Å². The first-order valence-corrected chi connectivity index (χ1v) is 14.7. The number of aliphatic hydroxyl groups is 1. The Balaban J connectivity index is 1.75. The number of hydrogen-bond acceptors (Lipinski definition) is 6. The largest absolute Gasteiger partial charge is 0.481 e. The van der Waals surface area contributed by atoms with Crippen LogP contribution in [0.25, 0.3) is 0 Å². The van der Waals surface area contributed by atoms with Crippen LogP contribution >= 0.6 is 0 Å². The molecule has 4 amide bonds. The summed E-state index contributed by atoms with van der Waals surface area (Å²) in [6.45, 7) is 5.58. The van der Waals surface area contributed by atoms with E-state index in [0.29, 0.717) is 5.56 Å². The van der Waals surface area contributed by atoms with Gasteiger partial charge >= 0.3 is 18.1 Å². The topological polar surface area (TPSA) is 157 Å². The van der Waals surface area contributed by atoms with Crippen molar-refractivity contribution in [2.45, 2.75) is 70.5 Å². The number of aliphatic carboxylic acids is 1. The van der Waals surface area contributed by atoms with Crippen molar-refractivity contribution >= 4 is 24.0 Å². The molecule has 3 aromatic rings. The number of carbonyl (C=O) groups is 4. The molecule has 0 spiro atoms. The average Bonchev–Trinajstić information content (AvgIpc) is 3.01. The summed E-state index contributed by atoms with van der Waals surface area (Å²) in [5.74, 6) is -2.13. The fraction of sp³-hybridized carbons (Fsp3) is 0.353. The van der Waals surface area contributed by atoms with E-state index in [1.807, 2.05) is 87.5 Å². The number of nitrogens with one attached hydrogen (secondary N) is 3. The number of hydrogen-bond donors (Lipinski definition) is 5. The summed E-state index contributed by atoms with van der Waals surface area (Å²) in [7, 11) is 0. The van der Waals surface area contributed by atoms with E-state index in [0.717, 1.165) is 11.1 Å². The first-order chi connectivity index (χ1) is 21.4. The Kier molecular flexibility index (Phi) is 12.9. The number of carboxylic acid groups (broad SMARTS) is 1. The summed E-state index contributed by atoms with van der Waals surface area (Å²) in [5, 5.41) is 28.9. The number of amides is 4.